The zero-order valence-corrected chi connectivity index (χ0v) is 14.2. The third-order valence-corrected chi connectivity index (χ3v) is 4.17. The number of fused-ring (bicyclic) bond motifs is 1. The van der Waals surface area contributed by atoms with E-state index in [1.165, 1.54) is 12.1 Å². The van der Waals surface area contributed by atoms with Gasteiger partial charge in [-0.05, 0) is 42.0 Å². The van der Waals surface area contributed by atoms with E-state index in [0.717, 1.165) is 34.0 Å². The maximum Gasteiger partial charge on any atom is 0.157 e. The van der Waals surface area contributed by atoms with Gasteiger partial charge >= 0.3 is 0 Å². The molecule has 0 radical (unpaired) electrons. The Morgan fingerprint density at radius 3 is 2.58 bits per heavy atom. The first-order chi connectivity index (χ1) is 12.7. The Bertz CT molecular complexity index is 1030. The first-order valence-electron chi connectivity index (χ1n) is 8.19. The first kappa shape index (κ1) is 16.1. The molecule has 26 heavy (non-hydrogen) atoms. The van der Waals surface area contributed by atoms with Crippen molar-refractivity contribution in [1.82, 2.24) is 14.4 Å². The number of aromatic nitrogens is 3. The second-order valence-electron chi connectivity index (χ2n) is 5.82. The van der Waals surface area contributed by atoms with Gasteiger partial charge in [-0.1, -0.05) is 12.1 Å². The fourth-order valence-electron chi connectivity index (χ4n) is 2.81. The summed E-state index contributed by atoms with van der Waals surface area (Å²) in [6, 6.07) is 14.2. The van der Waals surface area contributed by atoms with Crippen molar-refractivity contribution in [3.8, 4) is 17.0 Å². The van der Waals surface area contributed by atoms with Crippen LogP contribution in [0.3, 0.4) is 0 Å². The Morgan fingerprint density at radius 2 is 1.85 bits per heavy atom. The average Bonchev–Trinajstić information content (AvgIpc) is 3.06. The molecule has 6 heteroatoms. The van der Waals surface area contributed by atoms with Crippen molar-refractivity contribution >= 4 is 11.5 Å². The summed E-state index contributed by atoms with van der Waals surface area (Å²) in [6.45, 7) is 0.555. The molecule has 0 aliphatic rings. The molecule has 0 spiro atoms. The van der Waals surface area contributed by atoms with Crippen molar-refractivity contribution in [1.29, 1.82) is 0 Å². The fourth-order valence-corrected chi connectivity index (χ4v) is 2.81. The van der Waals surface area contributed by atoms with Crippen LogP contribution in [0.15, 0.2) is 67.1 Å². The molecule has 0 bridgehead atoms. The predicted octanol–water partition coefficient (Wildman–Crippen LogP) is 4.16. The molecule has 2 aromatic heterocycles. The number of nitrogens with one attached hydrogen (secondary N) is 1. The van der Waals surface area contributed by atoms with E-state index >= 15 is 0 Å². The molecule has 0 atom stereocenters. The molecule has 0 saturated heterocycles. The second-order valence-corrected chi connectivity index (χ2v) is 5.82. The molecular formula is C20H17FN4O. The van der Waals surface area contributed by atoms with Crippen LogP contribution >= 0.6 is 0 Å². The van der Waals surface area contributed by atoms with Gasteiger partial charge in [0.25, 0.3) is 0 Å². The molecule has 2 aromatic carbocycles. The number of hydrogen-bond donors (Lipinski definition) is 1. The van der Waals surface area contributed by atoms with Crippen LogP contribution < -0.4 is 10.1 Å². The van der Waals surface area contributed by atoms with E-state index in [-0.39, 0.29) is 5.82 Å². The molecule has 0 fully saturated rings. The van der Waals surface area contributed by atoms with Gasteiger partial charge in [0, 0.05) is 24.5 Å². The third kappa shape index (κ3) is 3.09. The number of anilines is 1. The van der Waals surface area contributed by atoms with Gasteiger partial charge < -0.3 is 10.1 Å². The average molecular weight is 348 g/mol. The summed E-state index contributed by atoms with van der Waals surface area (Å²) >= 11 is 0. The van der Waals surface area contributed by atoms with Crippen LogP contribution in [-0.2, 0) is 6.54 Å². The minimum atomic E-state index is -0.242. The SMILES string of the molecule is COc1ccc(-c2nc3cnccn3c2NCc2ccc(F)cc2)cc1. The highest BCUT2D eigenvalue weighted by Gasteiger charge is 2.14. The van der Waals surface area contributed by atoms with Crippen LogP contribution in [0.1, 0.15) is 5.56 Å². The quantitative estimate of drug-likeness (QED) is 0.588. The van der Waals surface area contributed by atoms with E-state index in [9.17, 15) is 4.39 Å². The summed E-state index contributed by atoms with van der Waals surface area (Å²) in [5, 5.41) is 3.42. The van der Waals surface area contributed by atoms with Crippen LogP contribution in [0.4, 0.5) is 10.2 Å². The smallest absolute Gasteiger partial charge is 0.157 e. The molecular weight excluding hydrogens is 331 g/mol. The zero-order chi connectivity index (χ0) is 17.9. The third-order valence-electron chi connectivity index (χ3n) is 4.17. The zero-order valence-electron chi connectivity index (χ0n) is 14.2. The molecule has 2 heterocycles. The number of halogens is 1. The van der Waals surface area contributed by atoms with Gasteiger partial charge in [-0.15, -0.1) is 0 Å². The largest absolute Gasteiger partial charge is 0.497 e. The molecule has 1 N–H and O–H groups in total. The van der Waals surface area contributed by atoms with Gasteiger partial charge in [-0.3, -0.25) is 9.38 Å². The molecule has 0 unspecified atom stereocenters. The molecule has 4 rings (SSSR count). The van der Waals surface area contributed by atoms with E-state index in [4.69, 9.17) is 9.72 Å². The van der Waals surface area contributed by atoms with E-state index < -0.39 is 0 Å². The van der Waals surface area contributed by atoms with Crippen LogP contribution in [0.2, 0.25) is 0 Å². The standard InChI is InChI=1S/C20H17FN4O/c1-26-17-8-4-15(5-9-17)19-20(25-11-10-22-13-18(25)24-19)23-12-14-2-6-16(21)7-3-14/h2-11,13,23H,12H2,1H3. The lowest BCUT2D eigenvalue weighted by Crippen LogP contribution is -2.03. The molecule has 0 amide bonds. The molecule has 0 aliphatic heterocycles. The van der Waals surface area contributed by atoms with Crippen LogP contribution in [0.5, 0.6) is 5.75 Å². The van der Waals surface area contributed by atoms with Gasteiger partial charge in [0.2, 0.25) is 0 Å². The van der Waals surface area contributed by atoms with Gasteiger partial charge in [0.05, 0.1) is 13.3 Å². The summed E-state index contributed by atoms with van der Waals surface area (Å²) in [5.74, 6) is 1.41. The van der Waals surface area contributed by atoms with E-state index in [1.807, 2.05) is 34.9 Å². The molecule has 4 aromatic rings. The Labute approximate surface area is 150 Å². The highest BCUT2D eigenvalue weighted by Crippen LogP contribution is 2.30. The van der Waals surface area contributed by atoms with Crippen molar-refractivity contribution in [2.75, 3.05) is 12.4 Å². The number of nitrogens with zero attached hydrogens (tertiary/aromatic N) is 3. The van der Waals surface area contributed by atoms with Crippen molar-refractivity contribution in [2.45, 2.75) is 6.54 Å². The van der Waals surface area contributed by atoms with Gasteiger partial charge in [-0.25, -0.2) is 9.37 Å². The number of hydrogen-bond acceptors (Lipinski definition) is 4. The van der Waals surface area contributed by atoms with Crippen molar-refractivity contribution in [2.24, 2.45) is 0 Å². The van der Waals surface area contributed by atoms with Crippen LogP contribution in [-0.4, -0.2) is 21.5 Å². The normalized spacial score (nSPS) is 10.8. The van der Waals surface area contributed by atoms with Crippen LogP contribution in [0, 0.1) is 5.82 Å². The molecule has 130 valence electrons. The summed E-state index contributed by atoms with van der Waals surface area (Å²) in [7, 11) is 1.64. The summed E-state index contributed by atoms with van der Waals surface area (Å²) in [4.78, 5) is 8.85. The highest BCUT2D eigenvalue weighted by atomic mass is 19.1. The van der Waals surface area contributed by atoms with Crippen molar-refractivity contribution < 1.29 is 9.13 Å². The minimum absolute atomic E-state index is 0.242. The highest BCUT2D eigenvalue weighted by molar-refractivity contribution is 5.76. The predicted molar refractivity (Wildman–Crippen MR) is 98.7 cm³/mol. The topological polar surface area (TPSA) is 51.5 Å². The van der Waals surface area contributed by atoms with Crippen molar-refractivity contribution in [3.63, 3.8) is 0 Å². The maximum atomic E-state index is 13.1. The number of benzene rings is 2. The summed E-state index contributed by atoms with van der Waals surface area (Å²) < 4.78 is 20.3. The van der Waals surface area contributed by atoms with Crippen molar-refractivity contribution in [3.05, 3.63) is 78.5 Å². The lowest BCUT2D eigenvalue weighted by Gasteiger charge is -2.09. The summed E-state index contributed by atoms with van der Waals surface area (Å²) in [6.07, 6.45) is 5.30. The Kier molecular flexibility index (Phi) is 4.23. The van der Waals surface area contributed by atoms with E-state index in [0.29, 0.717) is 6.54 Å². The minimum Gasteiger partial charge on any atom is -0.497 e. The lowest BCUT2D eigenvalue weighted by molar-refractivity contribution is 0.415. The number of imidazole rings is 1. The maximum absolute atomic E-state index is 13.1. The van der Waals surface area contributed by atoms with Gasteiger partial charge in [0.15, 0.2) is 5.65 Å². The number of rotatable bonds is 5. The Morgan fingerprint density at radius 1 is 1.08 bits per heavy atom. The molecule has 0 saturated carbocycles. The molecule has 5 nitrogen and oxygen atoms in total. The lowest BCUT2D eigenvalue weighted by atomic mass is 10.1. The monoisotopic (exact) mass is 348 g/mol. The fraction of sp³-hybridized carbons (Fsp3) is 0.100. The van der Waals surface area contributed by atoms with Gasteiger partial charge in [-0.2, -0.15) is 0 Å². The van der Waals surface area contributed by atoms with E-state index in [2.05, 4.69) is 10.3 Å². The Balaban J connectivity index is 1.72. The second kappa shape index (κ2) is 6.84. The first-order valence-corrected chi connectivity index (χ1v) is 8.19. The molecule has 0 aliphatic carbocycles. The number of ether oxygens (including phenoxy) is 1. The van der Waals surface area contributed by atoms with Crippen LogP contribution in [0.25, 0.3) is 16.9 Å². The Hall–Kier alpha value is -3.41. The van der Waals surface area contributed by atoms with E-state index in [1.54, 1.807) is 31.6 Å². The number of methoxy groups -OCH3 is 1. The summed E-state index contributed by atoms with van der Waals surface area (Å²) in [5.41, 5.74) is 3.52. The van der Waals surface area contributed by atoms with Gasteiger partial charge in [0.1, 0.15) is 23.1 Å².